The second-order valence-electron chi connectivity index (χ2n) is 6.16. The van der Waals surface area contributed by atoms with Gasteiger partial charge in [-0.2, -0.15) is 0 Å². The van der Waals surface area contributed by atoms with Gasteiger partial charge in [-0.15, -0.1) is 0 Å². The smallest absolute Gasteiger partial charge is 0.274 e. The molecule has 0 fully saturated rings. The quantitative estimate of drug-likeness (QED) is 0.535. The zero-order valence-corrected chi connectivity index (χ0v) is 16.4. The fourth-order valence-electron chi connectivity index (χ4n) is 2.73. The van der Waals surface area contributed by atoms with Gasteiger partial charge in [0.1, 0.15) is 10.8 Å². The number of halogens is 2. The van der Waals surface area contributed by atoms with Crippen LogP contribution in [0.3, 0.4) is 0 Å². The monoisotopic (exact) mass is 399 g/mol. The molecule has 0 saturated carbocycles. The van der Waals surface area contributed by atoms with Crippen LogP contribution in [0.4, 0.5) is 0 Å². The summed E-state index contributed by atoms with van der Waals surface area (Å²) in [4.78, 5) is 23.1. The lowest BCUT2D eigenvalue weighted by atomic mass is 10.1. The Morgan fingerprint density at radius 1 is 0.963 bits per heavy atom. The van der Waals surface area contributed by atoms with E-state index >= 15 is 0 Å². The zero-order valence-electron chi connectivity index (χ0n) is 14.9. The van der Waals surface area contributed by atoms with Crippen molar-refractivity contribution in [3.63, 3.8) is 0 Å². The highest BCUT2D eigenvalue weighted by Gasteiger charge is 2.21. The molecule has 0 aliphatic carbocycles. The molecule has 27 heavy (non-hydrogen) atoms. The van der Waals surface area contributed by atoms with Gasteiger partial charge in [0, 0.05) is 25.5 Å². The third-order valence-corrected chi connectivity index (χ3v) is 4.72. The number of hydrogen-bond donors (Lipinski definition) is 0. The van der Waals surface area contributed by atoms with Gasteiger partial charge in [0.2, 0.25) is 0 Å². The van der Waals surface area contributed by atoms with Gasteiger partial charge in [-0.25, -0.2) is 4.98 Å². The number of carbonyl (C=O) groups excluding carboxylic acids is 1. The molecule has 3 rings (SSSR count). The van der Waals surface area contributed by atoms with E-state index in [9.17, 15) is 4.79 Å². The van der Waals surface area contributed by atoms with Crippen LogP contribution in [0, 0.1) is 0 Å². The summed E-state index contributed by atoms with van der Waals surface area (Å²) in [5.41, 5.74) is 3.36. The number of benzene rings is 1. The van der Waals surface area contributed by atoms with E-state index in [1.54, 1.807) is 29.4 Å². The second kappa shape index (κ2) is 8.98. The summed E-state index contributed by atoms with van der Waals surface area (Å²) in [6, 6.07) is 15.2. The van der Waals surface area contributed by atoms with Crippen LogP contribution in [0.25, 0.3) is 0 Å². The van der Waals surface area contributed by atoms with E-state index in [0.29, 0.717) is 13.1 Å². The van der Waals surface area contributed by atoms with Crippen molar-refractivity contribution in [1.82, 2.24) is 14.9 Å². The van der Waals surface area contributed by atoms with E-state index in [0.717, 1.165) is 17.5 Å². The van der Waals surface area contributed by atoms with Gasteiger partial charge in [0.05, 0.1) is 5.02 Å². The maximum atomic E-state index is 13.1. The Kier molecular flexibility index (Phi) is 6.43. The molecule has 3 aromatic rings. The van der Waals surface area contributed by atoms with Crippen molar-refractivity contribution in [2.75, 3.05) is 0 Å². The van der Waals surface area contributed by atoms with Gasteiger partial charge in [0.15, 0.2) is 0 Å². The highest BCUT2D eigenvalue weighted by Crippen LogP contribution is 2.21. The van der Waals surface area contributed by atoms with Crippen molar-refractivity contribution in [2.24, 2.45) is 0 Å². The molecule has 0 spiro atoms. The van der Waals surface area contributed by atoms with Crippen LogP contribution in [0.15, 0.2) is 60.9 Å². The molecule has 0 unspecified atom stereocenters. The maximum absolute atomic E-state index is 13.1. The topological polar surface area (TPSA) is 46.1 Å². The van der Waals surface area contributed by atoms with E-state index in [1.807, 2.05) is 24.3 Å². The number of rotatable bonds is 6. The Balaban J connectivity index is 1.90. The highest BCUT2D eigenvalue weighted by molar-refractivity contribution is 6.34. The maximum Gasteiger partial charge on any atom is 0.274 e. The Morgan fingerprint density at radius 3 is 2.33 bits per heavy atom. The Labute approximate surface area is 168 Å². The molecule has 1 amide bonds. The first-order chi connectivity index (χ1) is 13.1. The zero-order chi connectivity index (χ0) is 19.2. The molecule has 0 aliphatic rings. The average molecular weight is 400 g/mol. The molecule has 0 saturated heterocycles. The summed E-state index contributed by atoms with van der Waals surface area (Å²) in [6.45, 7) is 2.94. The van der Waals surface area contributed by atoms with Gasteiger partial charge in [0.25, 0.3) is 5.91 Å². The van der Waals surface area contributed by atoms with Crippen molar-refractivity contribution >= 4 is 29.1 Å². The van der Waals surface area contributed by atoms with Crippen LogP contribution in [0.1, 0.15) is 34.1 Å². The van der Waals surface area contributed by atoms with Crippen molar-refractivity contribution < 1.29 is 4.79 Å². The van der Waals surface area contributed by atoms with Crippen molar-refractivity contribution in [3.8, 4) is 0 Å². The number of pyridine rings is 2. The van der Waals surface area contributed by atoms with E-state index in [1.165, 1.54) is 5.56 Å². The molecule has 0 bridgehead atoms. The van der Waals surface area contributed by atoms with Crippen LogP contribution in [0.2, 0.25) is 10.2 Å². The molecule has 2 aromatic heterocycles. The predicted molar refractivity (Wildman–Crippen MR) is 108 cm³/mol. The van der Waals surface area contributed by atoms with Crippen molar-refractivity contribution in [1.29, 1.82) is 0 Å². The summed E-state index contributed by atoms with van der Waals surface area (Å²) in [5, 5.41) is 0.512. The Morgan fingerprint density at radius 2 is 1.67 bits per heavy atom. The molecule has 1 aromatic carbocycles. The van der Waals surface area contributed by atoms with Crippen molar-refractivity contribution in [3.05, 3.63) is 93.5 Å². The molecule has 0 atom stereocenters. The largest absolute Gasteiger partial charge is 0.329 e. The number of carbonyl (C=O) groups is 1. The normalized spacial score (nSPS) is 10.6. The molecule has 6 heteroatoms. The fraction of sp³-hybridized carbons (Fsp3) is 0.190. The number of aromatic nitrogens is 2. The molecular weight excluding hydrogens is 381 g/mol. The SMILES string of the molecule is CCc1ccc(CN(Cc2cccnc2)C(=O)c2nc(Cl)ccc2Cl)cc1. The minimum absolute atomic E-state index is 0.151. The standard InChI is InChI=1S/C21H19Cl2N3O/c1-2-15-5-7-16(8-6-15)13-26(14-17-4-3-11-24-12-17)21(27)20-18(22)9-10-19(23)25-20/h3-12H,2,13-14H2,1H3. The number of nitrogens with zero attached hydrogens (tertiary/aromatic N) is 3. The van der Waals surface area contributed by atoms with Gasteiger partial charge >= 0.3 is 0 Å². The first-order valence-electron chi connectivity index (χ1n) is 8.65. The minimum atomic E-state index is -0.272. The van der Waals surface area contributed by atoms with Crippen LogP contribution < -0.4 is 0 Å². The van der Waals surface area contributed by atoms with E-state index < -0.39 is 0 Å². The molecular formula is C21H19Cl2N3O. The third kappa shape index (κ3) is 5.06. The van der Waals surface area contributed by atoms with Crippen LogP contribution >= 0.6 is 23.2 Å². The Hall–Kier alpha value is -2.43. The summed E-state index contributed by atoms with van der Waals surface area (Å²) in [7, 11) is 0. The first-order valence-corrected chi connectivity index (χ1v) is 9.40. The molecule has 4 nitrogen and oxygen atoms in total. The van der Waals surface area contributed by atoms with E-state index in [4.69, 9.17) is 23.2 Å². The summed E-state index contributed by atoms with van der Waals surface area (Å²) in [6.07, 6.45) is 4.42. The van der Waals surface area contributed by atoms with Gasteiger partial charge in [-0.05, 0) is 41.3 Å². The molecule has 0 aliphatic heterocycles. The second-order valence-corrected chi connectivity index (χ2v) is 6.95. The van der Waals surface area contributed by atoms with Crippen LogP contribution in [-0.2, 0) is 19.5 Å². The predicted octanol–water partition coefficient (Wildman–Crippen LogP) is 5.19. The summed E-state index contributed by atoms with van der Waals surface area (Å²) >= 11 is 12.2. The highest BCUT2D eigenvalue weighted by atomic mass is 35.5. The van der Waals surface area contributed by atoms with Crippen LogP contribution in [-0.4, -0.2) is 20.8 Å². The minimum Gasteiger partial charge on any atom is -0.329 e. The van der Waals surface area contributed by atoms with E-state index in [-0.39, 0.29) is 21.8 Å². The lowest BCUT2D eigenvalue weighted by Crippen LogP contribution is -2.31. The van der Waals surface area contributed by atoms with Gasteiger partial charge in [-0.1, -0.05) is 60.5 Å². The summed E-state index contributed by atoms with van der Waals surface area (Å²) in [5.74, 6) is -0.272. The Bertz CT molecular complexity index is 914. The first kappa shape index (κ1) is 19.3. The third-order valence-electron chi connectivity index (χ3n) is 4.20. The number of aryl methyl sites for hydroxylation is 1. The van der Waals surface area contributed by atoms with Crippen LogP contribution in [0.5, 0.6) is 0 Å². The molecule has 0 radical (unpaired) electrons. The van der Waals surface area contributed by atoms with Gasteiger partial charge in [-0.3, -0.25) is 9.78 Å². The lowest BCUT2D eigenvalue weighted by molar-refractivity contribution is 0.0724. The van der Waals surface area contributed by atoms with Crippen molar-refractivity contribution in [2.45, 2.75) is 26.4 Å². The molecule has 138 valence electrons. The van der Waals surface area contributed by atoms with Gasteiger partial charge < -0.3 is 4.90 Å². The number of amides is 1. The average Bonchev–Trinajstić information content (AvgIpc) is 2.70. The summed E-state index contributed by atoms with van der Waals surface area (Å²) < 4.78 is 0. The number of hydrogen-bond acceptors (Lipinski definition) is 3. The lowest BCUT2D eigenvalue weighted by Gasteiger charge is -2.23. The molecule has 0 N–H and O–H groups in total. The van der Waals surface area contributed by atoms with E-state index in [2.05, 4.69) is 29.0 Å². The fourth-order valence-corrected chi connectivity index (χ4v) is 3.06. The molecule has 2 heterocycles.